The maximum absolute atomic E-state index is 5.40. The number of rotatable bonds is 10. The summed E-state index contributed by atoms with van der Waals surface area (Å²) in [5, 5.41) is 4.61. The fraction of sp³-hybridized carbons (Fsp3) is 0.800. The van der Waals surface area contributed by atoms with Crippen LogP contribution in [-0.4, -0.2) is 38.3 Å². The predicted molar refractivity (Wildman–Crippen MR) is 87.8 cm³/mol. The zero-order chi connectivity index (χ0) is 15.0. The minimum Gasteiger partial charge on any atom is -0.380 e. The van der Waals surface area contributed by atoms with Crippen LogP contribution >= 0.6 is 11.3 Å². The average molecular weight is 299 g/mol. The van der Waals surface area contributed by atoms with Gasteiger partial charge in [-0.2, -0.15) is 0 Å². The highest BCUT2D eigenvalue weighted by molar-refractivity contribution is 7.15. The molecule has 0 aliphatic heterocycles. The van der Waals surface area contributed by atoms with Gasteiger partial charge in [-0.15, -0.1) is 11.3 Å². The van der Waals surface area contributed by atoms with E-state index in [-0.39, 0.29) is 0 Å². The molecule has 0 aliphatic carbocycles. The molecule has 0 aromatic carbocycles. The van der Waals surface area contributed by atoms with Crippen LogP contribution in [0.2, 0.25) is 0 Å². The normalized spacial score (nSPS) is 11.3. The zero-order valence-corrected chi connectivity index (χ0v) is 14.3. The Bertz CT molecular complexity index is 379. The van der Waals surface area contributed by atoms with Gasteiger partial charge in [0.25, 0.3) is 0 Å². The van der Waals surface area contributed by atoms with Crippen molar-refractivity contribution in [1.29, 1.82) is 0 Å². The van der Waals surface area contributed by atoms with Gasteiger partial charge in [0.1, 0.15) is 0 Å². The minimum atomic E-state index is 0.682. The van der Waals surface area contributed by atoms with E-state index in [0.717, 1.165) is 44.4 Å². The first kappa shape index (κ1) is 17.4. The maximum Gasteiger partial charge on any atom is 0.185 e. The Balaban J connectivity index is 2.58. The summed E-state index contributed by atoms with van der Waals surface area (Å²) in [5.74, 6) is 0.682. The number of nitrogens with zero attached hydrogens (tertiary/aromatic N) is 2. The number of nitrogens with one attached hydrogen (secondary N) is 1. The molecular weight excluding hydrogens is 270 g/mol. The largest absolute Gasteiger partial charge is 0.380 e. The second-order valence-electron chi connectivity index (χ2n) is 5.36. The molecule has 1 heterocycles. The molecule has 0 amide bonds. The van der Waals surface area contributed by atoms with Crippen molar-refractivity contribution in [3.63, 3.8) is 0 Å². The van der Waals surface area contributed by atoms with Crippen LogP contribution in [0.1, 0.15) is 38.3 Å². The van der Waals surface area contributed by atoms with Crippen molar-refractivity contribution in [2.24, 2.45) is 5.92 Å². The number of aryl methyl sites for hydroxylation is 1. The van der Waals surface area contributed by atoms with Gasteiger partial charge in [-0.3, -0.25) is 0 Å². The lowest BCUT2D eigenvalue weighted by Gasteiger charge is -2.15. The fourth-order valence-electron chi connectivity index (χ4n) is 1.86. The van der Waals surface area contributed by atoms with Gasteiger partial charge in [-0.25, -0.2) is 4.98 Å². The van der Waals surface area contributed by atoms with Crippen LogP contribution < -0.4 is 10.2 Å². The summed E-state index contributed by atoms with van der Waals surface area (Å²) in [6.07, 6.45) is 0.995. The first-order chi connectivity index (χ1) is 9.58. The Morgan fingerprint density at radius 1 is 1.35 bits per heavy atom. The molecule has 0 bridgehead atoms. The number of anilines is 1. The van der Waals surface area contributed by atoms with Gasteiger partial charge in [-0.05, 0) is 25.8 Å². The van der Waals surface area contributed by atoms with E-state index in [4.69, 9.17) is 9.72 Å². The highest BCUT2D eigenvalue weighted by Gasteiger charge is 2.12. The van der Waals surface area contributed by atoms with Crippen LogP contribution in [0.25, 0.3) is 0 Å². The van der Waals surface area contributed by atoms with Gasteiger partial charge in [0.05, 0.1) is 12.3 Å². The number of hydrogen-bond acceptors (Lipinski definition) is 5. The average Bonchev–Trinajstić information content (AvgIpc) is 2.82. The molecule has 1 aromatic heterocycles. The van der Waals surface area contributed by atoms with Crippen LogP contribution in [0, 0.1) is 5.92 Å². The summed E-state index contributed by atoms with van der Waals surface area (Å²) in [5.41, 5.74) is 1.23. The van der Waals surface area contributed by atoms with Crippen LogP contribution in [-0.2, 0) is 17.7 Å². The lowest BCUT2D eigenvalue weighted by Crippen LogP contribution is -2.22. The van der Waals surface area contributed by atoms with Crippen LogP contribution in [0.15, 0.2) is 0 Å². The molecule has 1 N–H and O–H groups in total. The molecule has 1 rings (SSSR count). The van der Waals surface area contributed by atoms with E-state index in [1.165, 1.54) is 10.6 Å². The van der Waals surface area contributed by atoms with Crippen LogP contribution in [0.3, 0.4) is 0 Å². The second-order valence-corrected chi connectivity index (χ2v) is 6.43. The third-order valence-corrected chi connectivity index (χ3v) is 4.25. The number of thiazole rings is 1. The monoisotopic (exact) mass is 299 g/mol. The first-order valence-corrected chi connectivity index (χ1v) is 8.38. The maximum atomic E-state index is 5.40. The lowest BCUT2D eigenvalue weighted by atomic mass is 10.2. The molecule has 0 fully saturated rings. The van der Waals surface area contributed by atoms with Crippen LogP contribution in [0.4, 0.5) is 5.13 Å². The Labute approximate surface area is 127 Å². The van der Waals surface area contributed by atoms with E-state index >= 15 is 0 Å². The zero-order valence-electron chi connectivity index (χ0n) is 13.5. The van der Waals surface area contributed by atoms with Crippen molar-refractivity contribution in [2.45, 2.75) is 40.7 Å². The SMILES string of the molecule is CCOCCN(C)c1nc(CC)c(CNCC(C)C)s1. The molecule has 0 saturated heterocycles. The Hall–Kier alpha value is -0.650. The standard InChI is InChI=1S/C15H29N3OS/c1-6-13-14(11-16-10-12(3)4)20-15(17-13)18(5)8-9-19-7-2/h12,16H,6-11H2,1-5H3. The molecule has 4 nitrogen and oxygen atoms in total. The smallest absolute Gasteiger partial charge is 0.185 e. The topological polar surface area (TPSA) is 37.4 Å². The van der Waals surface area contributed by atoms with Gasteiger partial charge < -0.3 is 15.0 Å². The summed E-state index contributed by atoms with van der Waals surface area (Å²) < 4.78 is 5.40. The molecule has 0 radical (unpaired) electrons. The number of ether oxygens (including phenoxy) is 1. The summed E-state index contributed by atoms with van der Waals surface area (Å²) in [7, 11) is 2.09. The van der Waals surface area contributed by atoms with Gasteiger partial charge in [0.15, 0.2) is 5.13 Å². The molecule has 0 spiro atoms. The molecule has 1 aromatic rings. The lowest BCUT2D eigenvalue weighted by molar-refractivity contribution is 0.154. The highest BCUT2D eigenvalue weighted by atomic mass is 32.1. The summed E-state index contributed by atoms with van der Waals surface area (Å²) in [6.45, 7) is 13.1. The van der Waals surface area contributed by atoms with Crippen molar-refractivity contribution in [3.8, 4) is 0 Å². The van der Waals surface area contributed by atoms with E-state index in [1.54, 1.807) is 11.3 Å². The van der Waals surface area contributed by atoms with E-state index in [0.29, 0.717) is 5.92 Å². The molecule has 0 aliphatic rings. The Morgan fingerprint density at radius 2 is 2.10 bits per heavy atom. The molecule has 5 heteroatoms. The summed E-state index contributed by atoms with van der Waals surface area (Å²) >= 11 is 1.80. The quantitative estimate of drug-likeness (QED) is 0.674. The van der Waals surface area contributed by atoms with Crippen molar-refractivity contribution in [1.82, 2.24) is 10.3 Å². The van der Waals surface area contributed by atoms with Gasteiger partial charge in [0.2, 0.25) is 0 Å². The Kier molecular flexibility index (Phi) is 8.11. The third-order valence-electron chi connectivity index (χ3n) is 3.04. The van der Waals surface area contributed by atoms with Crippen LogP contribution in [0.5, 0.6) is 0 Å². The van der Waals surface area contributed by atoms with Crippen molar-refractivity contribution in [3.05, 3.63) is 10.6 Å². The Morgan fingerprint density at radius 3 is 2.70 bits per heavy atom. The molecule has 0 unspecified atom stereocenters. The van der Waals surface area contributed by atoms with E-state index in [1.807, 2.05) is 6.92 Å². The molecular formula is C15H29N3OS. The molecule has 0 saturated carbocycles. The van der Waals surface area contributed by atoms with Gasteiger partial charge >= 0.3 is 0 Å². The number of aromatic nitrogens is 1. The fourth-order valence-corrected chi connectivity index (χ4v) is 2.97. The molecule has 20 heavy (non-hydrogen) atoms. The first-order valence-electron chi connectivity index (χ1n) is 7.56. The van der Waals surface area contributed by atoms with Crippen molar-refractivity contribution in [2.75, 3.05) is 38.3 Å². The van der Waals surface area contributed by atoms with Crippen molar-refractivity contribution >= 4 is 16.5 Å². The highest BCUT2D eigenvalue weighted by Crippen LogP contribution is 2.26. The van der Waals surface area contributed by atoms with E-state index in [9.17, 15) is 0 Å². The minimum absolute atomic E-state index is 0.682. The van der Waals surface area contributed by atoms with Crippen molar-refractivity contribution < 1.29 is 4.74 Å². The third kappa shape index (κ3) is 5.77. The van der Waals surface area contributed by atoms with E-state index in [2.05, 4.69) is 38.0 Å². The summed E-state index contributed by atoms with van der Waals surface area (Å²) in [4.78, 5) is 8.31. The summed E-state index contributed by atoms with van der Waals surface area (Å²) in [6, 6.07) is 0. The number of hydrogen-bond donors (Lipinski definition) is 1. The predicted octanol–water partition coefficient (Wildman–Crippen LogP) is 2.92. The molecule has 0 atom stereocenters. The van der Waals surface area contributed by atoms with E-state index < -0.39 is 0 Å². The second kappa shape index (κ2) is 9.32. The molecule has 116 valence electrons. The van der Waals surface area contributed by atoms with Gasteiger partial charge in [0, 0.05) is 31.6 Å². The number of likely N-dealkylation sites (N-methyl/N-ethyl adjacent to an activating group) is 1. The van der Waals surface area contributed by atoms with Gasteiger partial charge in [-0.1, -0.05) is 20.8 Å².